The standard InChI is InChI=1S/C12H11NO3S/c14-12-9-6-7-10(8-9)13(12)17(15,16)11-4-2-1-3-5-11/h1-7,9-10H,8H2. The fraction of sp³-hybridized carbons (Fsp3) is 0.250. The van der Waals surface area contributed by atoms with Gasteiger partial charge in [0.1, 0.15) is 0 Å². The van der Waals surface area contributed by atoms with Gasteiger partial charge in [0, 0.05) is 0 Å². The summed E-state index contributed by atoms with van der Waals surface area (Å²) in [5, 5.41) is 0. The van der Waals surface area contributed by atoms with Crippen molar-refractivity contribution < 1.29 is 13.2 Å². The molecule has 3 rings (SSSR count). The summed E-state index contributed by atoms with van der Waals surface area (Å²) in [5.74, 6) is -0.556. The Kier molecular flexibility index (Phi) is 2.13. The van der Waals surface area contributed by atoms with Gasteiger partial charge < -0.3 is 0 Å². The molecular formula is C12H11NO3S. The van der Waals surface area contributed by atoms with Crippen LogP contribution in [0, 0.1) is 5.92 Å². The molecule has 1 aliphatic carbocycles. The molecule has 17 heavy (non-hydrogen) atoms. The van der Waals surface area contributed by atoms with Crippen molar-refractivity contribution in [2.24, 2.45) is 5.92 Å². The molecule has 88 valence electrons. The van der Waals surface area contributed by atoms with Gasteiger partial charge in [0.25, 0.3) is 10.0 Å². The Morgan fingerprint density at radius 3 is 2.41 bits per heavy atom. The summed E-state index contributed by atoms with van der Waals surface area (Å²) in [5.41, 5.74) is 0. The molecule has 1 heterocycles. The number of nitrogens with zero attached hydrogens (tertiary/aromatic N) is 1. The molecule has 0 N–H and O–H groups in total. The number of rotatable bonds is 2. The van der Waals surface area contributed by atoms with Gasteiger partial charge in [0.05, 0.1) is 16.9 Å². The minimum atomic E-state index is -3.69. The minimum absolute atomic E-state index is 0.175. The monoisotopic (exact) mass is 249 g/mol. The molecule has 0 saturated carbocycles. The van der Waals surface area contributed by atoms with Gasteiger partial charge in [0.15, 0.2) is 0 Å². The molecule has 1 aromatic carbocycles. The predicted octanol–water partition coefficient (Wildman–Crippen LogP) is 1.16. The van der Waals surface area contributed by atoms with E-state index < -0.39 is 10.0 Å². The largest absolute Gasteiger partial charge is 0.273 e. The highest BCUT2D eigenvalue weighted by atomic mass is 32.2. The number of carbonyl (C=O) groups excluding carboxylic acids is 1. The first kappa shape index (κ1) is 10.5. The molecule has 2 unspecified atom stereocenters. The molecule has 1 aliphatic heterocycles. The van der Waals surface area contributed by atoms with Gasteiger partial charge in [-0.25, -0.2) is 12.7 Å². The van der Waals surface area contributed by atoms with Crippen LogP contribution in [0.1, 0.15) is 6.42 Å². The maximum Gasteiger partial charge on any atom is 0.267 e. The van der Waals surface area contributed by atoms with E-state index in [1.807, 2.05) is 0 Å². The summed E-state index contributed by atoms with van der Waals surface area (Å²) in [6.45, 7) is 0. The first-order valence-electron chi connectivity index (χ1n) is 5.42. The number of carbonyl (C=O) groups is 1. The normalized spacial score (nSPS) is 26.8. The zero-order chi connectivity index (χ0) is 12.0. The second kappa shape index (κ2) is 3.43. The number of amides is 1. The summed E-state index contributed by atoms with van der Waals surface area (Å²) in [4.78, 5) is 12.1. The van der Waals surface area contributed by atoms with E-state index in [9.17, 15) is 13.2 Å². The van der Waals surface area contributed by atoms with Crippen LogP contribution in [0.4, 0.5) is 0 Å². The molecule has 0 aromatic heterocycles. The SMILES string of the molecule is O=C1C2C=CC(C2)N1S(=O)(=O)c1ccccc1. The molecule has 0 radical (unpaired) electrons. The van der Waals surface area contributed by atoms with E-state index in [0.29, 0.717) is 6.42 Å². The molecule has 5 heteroatoms. The molecule has 1 amide bonds. The quantitative estimate of drug-likeness (QED) is 0.739. The van der Waals surface area contributed by atoms with Crippen molar-refractivity contribution in [1.82, 2.24) is 4.31 Å². The zero-order valence-corrected chi connectivity index (χ0v) is 9.80. The van der Waals surface area contributed by atoms with Crippen molar-refractivity contribution in [3.05, 3.63) is 42.5 Å². The van der Waals surface area contributed by atoms with Gasteiger partial charge in [-0.3, -0.25) is 4.79 Å². The van der Waals surface area contributed by atoms with Crippen LogP contribution in [0.25, 0.3) is 0 Å². The van der Waals surface area contributed by atoms with E-state index in [4.69, 9.17) is 0 Å². The van der Waals surface area contributed by atoms with Crippen LogP contribution in [-0.4, -0.2) is 24.7 Å². The van der Waals surface area contributed by atoms with Crippen molar-refractivity contribution in [1.29, 1.82) is 0 Å². The molecule has 2 aliphatic rings. The highest BCUT2D eigenvalue weighted by Crippen LogP contribution is 2.36. The number of fused-ring (bicyclic) bond motifs is 2. The molecule has 1 saturated heterocycles. The van der Waals surface area contributed by atoms with Gasteiger partial charge in [-0.05, 0) is 18.6 Å². The van der Waals surface area contributed by atoms with Crippen molar-refractivity contribution in [3.8, 4) is 0 Å². The lowest BCUT2D eigenvalue weighted by Gasteiger charge is -2.23. The van der Waals surface area contributed by atoms with Crippen LogP contribution < -0.4 is 0 Å². The van der Waals surface area contributed by atoms with Gasteiger partial charge in [-0.2, -0.15) is 0 Å². The van der Waals surface area contributed by atoms with E-state index in [-0.39, 0.29) is 22.8 Å². The summed E-state index contributed by atoms with van der Waals surface area (Å²) in [7, 11) is -3.69. The lowest BCUT2D eigenvalue weighted by molar-refractivity contribution is -0.126. The zero-order valence-electron chi connectivity index (χ0n) is 8.98. The van der Waals surface area contributed by atoms with E-state index in [1.165, 1.54) is 12.1 Å². The molecule has 4 nitrogen and oxygen atoms in total. The lowest BCUT2D eigenvalue weighted by atomic mass is 10.1. The Bertz CT molecular complexity index is 591. The molecule has 2 atom stereocenters. The maximum atomic E-state index is 12.3. The number of benzene rings is 1. The number of sulfonamides is 1. The van der Waals surface area contributed by atoms with E-state index in [0.717, 1.165) is 4.31 Å². The summed E-state index contributed by atoms with van der Waals surface area (Å²) >= 11 is 0. The van der Waals surface area contributed by atoms with E-state index >= 15 is 0 Å². The highest BCUT2D eigenvalue weighted by molar-refractivity contribution is 7.89. The van der Waals surface area contributed by atoms with Crippen molar-refractivity contribution in [2.45, 2.75) is 17.4 Å². The summed E-state index contributed by atoms with van der Waals surface area (Å²) < 4.78 is 25.6. The van der Waals surface area contributed by atoms with Crippen LogP contribution in [0.5, 0.6) is 0 Å². The van der Waals surface area contributed by atoms with Crippen molar-refractivity contribution >= 4 is 15.9 Å². The average molecular weight is 249 g/mol. The van der Waals surface area contributed by atoms with Gasteiger partial charge >= 0.3 is 0 Å². The van der Waals surface area contributed by atoms with Crippen molar-refractivity contribution in [3.63, 3.8) is 0 Å². The molecule has 0 spiro atoms. The van der Waals surface area contributed by atoms with Crippen LogP contribution in [0.3, 0.4) is 0 Å². The van der Waals surface area contributed by atoms with E-state index in [1.54, 1.807) is 30.4 Å². The Labute approximate surface area is 99.6 Å². The Morgan fingerprint density at radius 2 is 1.82 bits per heavy atom. The van der Waals surface area contributed by atoms with Gasteiger partial charge in [-0.1, -0.05) is 30.4 Å². The average Bonchev–Trinajstić information content (AvgIpc) is 2.90. The number of hydrogen-bond donors (Lipinski definition) is 0. The van der Waals surface area contributed by atoms with Crippen LogP contribution in [0.15, 0.2) is 47.4 Å². The Hall–Kier alpha value is -1.62. The molecule has 1 fully saturated rings. The van der Waals surface area contributed by atoms with Gasteiger partial charge in [-0.15, -0.1) is 0 Å². The van der Waals surface area contributed by atoms with Crippen LogP contribution in [0.2, 0.25) is 0 Å². The first-order valence-corrected chi connectivity index (χ1v) is 6.86. The summed E-state index contributed by atoms with van der Waals surface area (Å²) in [6, 6.07) is 7.79. The molecular weight excluding hydrogens is 238 g/mol. The fourth-order valence-electron chi connectivity index (χ4n) is 2.37. The van der Waals surface area contributed by atoms with E-state index in [2.05, 4.69) is 0 Å². The predicted molar refractivity (Wildman–Crippen MR) is 61.5 cm³/mol. The molecule has 1 aromatic rings. The third-order valence-electron chi connectivity index (χ3n) is 3.20. The minimum Gasteiger partial charge on any atom is -0.273 e. The third-order valence-corrected chi connectivity index (χ3v) is 5.03. The van der Waals surface area contributed by atoms with Crippen molar-refractivity contribution in [2.75, 3.05) is 0 Å². The maximum absolute atomic E-state index is 12.3. The number of hydrogen-bond acceptors (Lipinski definition) is 3. The topological polar surface area (TPSA) is 54.5 Å². The molecule has 2 bridgehead atoms. The fourth-order valence-corrected chi connectivity index (χ4v) is 3.98. The second-order valence-corrected chi connectivity index (χ2v) is 6.06. The van der Waals surface area contributed by atoms with Gasteiger partial charge in [0.2, 0.25) is 5.91 Å². The van der Waals surface area contributed by atoms with Crippen LogP contribution >= 0.6 is 0 Å². The second-order valence-electron chi connectivity index (χ2n) is 4.25. The third kappa shape index (κ3) is 1.42. The van der Waals surface area contributed by atoms with Crippen LogP contribution in [-0.2, 0) is 14.8 Å². The first-order chi connectivity index (χ1) is 8.10. The smallest absolute Gasteiger partial charge is 0.267 e. The lowest BCUT2D eigenvalue weighted by Crippen LogP contribution is -2.39. The summed E-state index contributed by atoms with van der Waals surface area (Å²) in [6.07, 6.45) is 4.18. The highest BCUT2D eigenvalue weighted by Gasteiger charge is 2.47. The Morgan fingerprint density at radius 1 is 1.12 bits per heavy atom. The Balaban J connectivity index is 2.06.